The molecule has 0 aliphatic rings. The maximum absolute atomic E-state index is 12.8. The summed E-state index contributed by atoms with van der Waals surface area (Å²) in [5.74, 6) is -1.86. The van der Waals surface area contributed by atoms with Gasteiger partial charge in [0.1, 0.15) is 11.9 Å². The number of aliphatic hydroxyl groups excluding tert-OH is 1. The fourth-order valence-electron chi connectivity index (χ4n) is 2.34. The van der Waals surface area contributed by atoms with Gasteiger partial charge >= 0.3 is 11.8 Å². The molecule has 140 valence electrons. The van der Waals surface area contributed by atoms with Gasteiger partial charge in [0.25, 0.3) is 0 Å². The fraction of sp³-hybridized carbons (Fsp3) is 0.158. The second-order valence-electron chi connectivity index (χ2n) is 5.76. The average molecular weight is 404 g/mol. The number of hydrogen-bond donors (Lipinski definition) is 3. The van der Waals surface area contributed by atoms with E-state index in [2.05, 4.69) is 10.6 Å². The zero-order valence-corrected chi connectivity index (χ0v) is 15.8. The number of rotatable bonds is 6. The topological polar surface area (TPSA) is 78.4 Å². The molecular weight excluding hydrogens is 387 g/mol. The Morgan fingerprint density at radius 2 is 1.70 bits per heavy atom. The molecule has 2 heterocycles. The Labute approximate surface area is 163 Å². The van der Waals surface area contributed by atoms with E-state index in [1.807, 2.05) is 29.0 Å². The monoisotopic (exact) mass is 404 g/mol. The number of carbonyl (C=O) groups excluding carboxylic acids is 2. The molecule has 0 spiro atoms. The largest absolute Gasteiger partial charge is 0.383 e. The van der Waals surface area contributed by atoms with E-state index in [0.29, 0.717) is 5.56 Å². The van der Waals surface area contributed by atoms with Crippen LogP contribution in [0.1, 0.15) is 27.0 Å². The van der Waals surface area contributed by atoms with E-state index in [1.165, 1.54) is 34.8 Å². The number of halogens is 1. The lowest BCUT2D eigenvalue weighted by molar-refractivity contribution is -0.139. The molecule has 0 saturated carbocycles. The van der Waals surface area contributed by atoms with Gasteiger partial charge in [0.15, 0.2) is 0 Å². The Morgan fingerprint density at radius 3 is 2.37 bits per heavy atom. The summed E-state index contributed by atoms with van der Waals surface area (Å²) in [5, 5.41) is 19.1. The van der Waals surface area contributed by atoms with Crippen LogP contribution in [0.2, 0.25) is 0 Å². The summed E-state index contributed by atoms with van der Waals surface area (Å²) >= 11 is 2.89. The van der Waals surface area contributed by atoms with E-state index in [1.54, 1.807) is 12.1 Å². The average Bonchev–Trinajstić information content (AvgIpc) is 3.37. The maximum atomic E-state index is 12.8. The predicted octanol–water partition coefficient (Wildman–Crippen LogP) is 2.96. The molecular formula is C19H17FN2O3S2. The first-order valence-electron chi connectivity index (χ1n) is 8.12. The number of hydrogen-bond acceptors (Lipinski definition) is 5. The van der Waals surface area contributed by atoms with Crippen LogP contribution in [0, 0.1) is 5.82 Å². The molecule has 2 aromatic heterocycles. The Kier molecular flexibility index (Phi) is 6.33. The summed E-state index contributed by atoms with van der Waals surface area (Å²) in [6, 6.07) is 11.2. The summed E-state index contributed by atoms with van der Waals surface area (Å²) in [6.07, 6.45) is -0.690. The van der Waals surface area contributed by atoms with Gasteiger partial charge in [-0.05, 0) is 52.2 Å². The van der Waals surface area contributed by atoms with Gasteiger partial charge in [0.2, 0.25) is 0 Å². The van der Waals surface area contributed by atoms with Gasteiger partial charge in [0, 0.05) is 16.3 Å². The smallest absolute Gasteiger partial charge is 0.309 e. The molecule has 3 rings (SSSR count). The van der Waals surface area contributed by atoms with Crippen LogP contribution >= 0.6 is 22.7 Å². The third-order valence-electron chi connectivity index (χ3n) is 3.81. The van der Waals surface area contributed by atoms with E-state index >= 15 is 0 Å². The fourth-order valence-corrected chi connectivity index (χ4v) is 3.99. The molecule has 0 bridgehead atoms. The number of thiophene rings is 2. The van der Waals surface area contributed by atoms with Gasteiger partial charge in [-0.15, -0.1) is 11.3 Å². The second kappa shape index (κ2) is 8.90. The van der Waals surface area contributed by atoms with Gasteiger partial charge in [-0.3, -0.25) is 9.59 Å². The number of aliphatic hydroxyl groups is 1. The molecule has 1 unspecified atom stereocenters. The molecule has 1 aromatic carbocycles. The molecule has 0 radical (unpaired) electrons. The lowest BCUT2D eigenvalue weighted by atomic mass is 10.2. The lowest BCUT2D eigenvalue weighted by Gasteiger charge is -2.07. The first-order valence-corrected chi connectivity index (χ1v) is 9.88. The first kappa shape index (κ1) is 19.2. The lowest BCUT2D eigenvalue weighted by Crippen LogP contribution is -2.39. The van der Waals surface area contributed by atoms with Crippen molar-refractivity contribution in [3.05, 3.63) is 79.9 Å². The number of nitrogens with one attached hydrogen (secondary N) is 2. The van der Waals surface area contributed by atoms with Crippen molar-refractivity contribution in [3.63, 3.8) is 0 Å². The molecule has 8 heteroatoms. The normalized spacial score (nSPS) is 11.8. The van der Waals surface area contributed by atoms with Crippen LogP contribution in [0.5, 0.6) is 0 Å². The predicted molar refractivity (Wildman–Crippen MR) is 103 cm³/mol. The summed E-state index contributed by atoms with van der Waals surface area (Å²) in [5.41, 5.74) is 1.53. The molecule has 3 aromatic rings. The van der Waals surface area contributed by atoms with Crippen LogP contribution in [0.4, 0.5) is 4.39 Å². The van der Waals surface area contributed by atoms with Crippen LogP contribution in [0.15, 0.2) is 53.2 Å². The second-order valence-corrected chi connectivity index (χ2v) is 7.74. The molecule has 0 aliphatic heterocycles. The van der Waals surface area contributed by atoms with Crippen molar-refractivity contribution in [2.24, 2.45) is 0 Å². The van der Waals surface area contributed by atoms with Crippen LogP contribution in [-0.4, -0.2) is 16.9 Å². The highest BCUT2D eigenvalue weighted by Crippen LogP contribution is 2.29. The minimum atomic E-state index is -0.755. The Balaban J connectivity index is 1.47. The molecule has 1 atom stereocenters. The highest BCUT2D eigenvalue weighted by atomic mass is 32.1. The van der Waals surface area contributed by atoms with Crippen molar-refractivity contribution in [2.45, 2.75) is 19.2 Å². The van der Waals surface area contributed by atoms with E-state index in [9.17, 15) is 19.1 Å². The summed E-state index contributed by atoms with van der Waals surface area (Å²) in [4.78, 5) is 25.3. The zero-order valence-electron chi connectivity index (χ0n) is 14.1. The number of amides is 2. The highest BCUT2D eigenvalue weighted by Gasteiger charge is 2.16. The molecule has 2 amide bonds. The van der Waals surface area contributed by atoms with Crippen LogP contribution in [0.3, 0.4) is 0 Å². The maximum Gasteiger partial charge on any atom is 0.309 e. The van der Waals surface area contributed by atoms with Crippen molar-refractivity contribution in [1.29, 1.82) is 0 Å². The molecule has 0 fully saturated rings. The Bertz CT molecular complexity index is 907. The quantitative estimate of drug-likeness (QED) is 0.553. The van der Waals surface area contributed by atoms with Gasteiger partial charge in [0.05, 0.1) is 6.54 Å². The highest BCUT2D eigenvalue weighted by molar-refractivity contribution is 7.12. The Hall–Kier alpha value is -2.55. The summed E-state index contributed by atoms with van der Waals surface area (Å²) in [6.45, 7) is 0.340. The Morgan fingerprint density at radius 1 is 1.00 bits per heavy atom. The van der Waals surface area contributed by atoms with Crippen LogP contribution in [0.25, 0.3) is 0 Å². The minimum absolute atomic E-state index is 0.141. The number of benzene rings is 1. The van der Waals surface area contributed by atoms with Crippen LogP contribution < -0.4 is 10.6 Å². The molecule has 0 aliphatic carbocycles. The summed E-state index contributed by atoms with van der Waals surface area (Å²) < 4.78 is 12.8. The first-order chi connectivity index (χ1) is 13.0. The molecule has 3 N–H and O–H groups in total. The number of carbonyl (C=O) groups is 2. The van der Waals surface area contributed by atoms with Crippen molar-refractivity contribution < 1.29 is 19.1 Å². The van der Waals surface area contributed by atoms with E-state index in [0.717, 1.165) is 15.3 Å². The molecule has 27 heavy (non-hydrogen) atoms. The molecule has 0 saturated heterocycles. The van der Waals surface area contributed by atoms with Gasteiger partial charge in [-0.1, -0.05) is 12.1 Å². The third kappa shape index (κ3) is 5.22. The third-order valence-corrected chi connectivity index (χ3v) is 5.65. The van der Waals surface area contributed by atoms with E-state index in [4.69, 9.17) is 0 Å². The van der Waals surface area contributed by atoms with Crippen molar-refractivity contribution in [3.8, 4) is 0 Å². The standard InChI is InChI=1S/C19H17FN2O3S2/c20-14-3-1-12(2-4-14)9-21-18(24)19(25)22-10-15-5-6-16(27-15)17(23)13-7-8-26-11-13/h1-8,11,17,23H,9-10H2,(H,21,24)(H,22,25). The molecule has 5 nitrogen and oxygen atoms in total. The van der Waals surface area contributed by atoms with Crippen LogP contribution in [-0.2, 0) is 22.7 Å². The van der Waals surface area contributed by atoms with Crippen molar-refractivity contribution in [2.75, 3.05) is 0 Å². The van der Waals surface area contributed by atoms with E-state index in [-0.39, 0.29) is 18.9 Å². The van der Waals surface area contributed by atoms with Gasteiger partial charge < -0.3 is 15.7 Å². The van der Waals surface area contributed by atoms with E-state index < -0.39 is 17.9 Å². The van der Waals surface area contributed by atoms with Crippen molar-refractivity contribution in [1.82, 2.24) is 10.6 Å². The van der Waals surface area contributed by atoms with Gasteiger partial charge in [-0.2, -0.15) is 11.3 Å². The summed E-state index contributed by atoms with van der Waals surface area (Å²) in [7, 11) is 0. The minimum Gasteiger partial charge on any atom is -0.383 e. The van der Waals surface area contributed by atoms with Gasteiger partial charge in [-0.25, -0.2) is 4.39 Å². The van der Waals surface area contributed by atoms with Crippen molar-refractivity contribution >= 4 is 34.5 Å². The SMILES string of the molecule is O=C(NCc1ccc(F)cc1)C(=O)NCc1ccc(C(O)c2ccsc2)s1. The zero-order chi connectivity index (χ0) is 19.2.